The van der Waals surface area contributed by atoms with Crippen LogP contribution in [0.1, 0.15) is 18.1 Å². The van der Waals surface area contributed by atoms with Crippen LogP contribution in [0.2, 0.25) is 5.02 Å². The molecule has 1 fully saturated rings. The number of carbonyl (C=O) groups is 2. The Labute approximate surface area is 188 Å². The van der Waals surface area contributed by atoms with E-state index in [0.29, 0.717) is 17.3 Å². The summed E-state index contributed by atoms with van der Waals surface area (Å²) in [6, 6.07) is 20.7. The van der Waals surface area contributed by atoms with E-state index in [4.69, 9.17) is 11.6 Å². The average Bonchev–Trinajstić information content (AvgIpc) is 3.16. The van der Waals surface area contributed by atoms with Crippen molar-refractivity contribution in [1.82, 2.24) is 0 Å². The van der Waals surface area contributed by atoms with E-state index in [1.807, 2.05) is 36.4 Å². The average molecular weight is 453 g/mol. The number of amides is 2. The van der Waals surface area contributed by atoms with Gasteiger partial charge in [0.2, 0.25) is 10.8 Å². The van der Waals surface area contributed by atoms with Crippen LogP contribution in [0.3, 0.4) is 0 Å². The van der Waals surface area contributed by atoms with Gasteiger partial charge in [-0.3, -0.25) is 14.5 Å². The van der Waals surface area contributed by atoms with E-state index < -0.39 is 15.9 Å². The highest BCUT2D eigenvalue weighted by molar-refractivity contribution is 8.03. The molecule has 2 atom stereocenters. The topological polar surface area (TPSA) is 40.6 Å². The van der Waals surface area contributed by atoms with Gasteiger partial charge >= 0.3 is 0 Å². The molecule has 0 bridgehead atoms. The summed E-state index contributed by atoms with van der Waals surface area (Å²) in [5, 5.41) is 0.173. The van der Waals surface area contributed by atoms with E-state index >= 15 is 0 Å². The Balaban J connectivity index is 1.66. The zero-order valence-electron chi connectivity index (χ0n) is 16.6. The van der Waals surface area contributed by atoms with Gasteiger partial charge in [0.05, 0.1) is 17.5 Å². The molecule has 0 N–H and O–H groups in total. The third kappa shape index (κ3) is 3.05. The minimum atomic E-state index is -1.27. The van der Waals surface area contributed by atoms with Crippen LogP contribution in [-0.2, 0) is 21.0 Å². The quantitative estimate of drug-likeness (QED) is 0.538. The lowest BCUT2D eigenvalue weighted by Gasteiger charge is -2.33. The molecule has 0 saturated carbocycles. The van der Waals surface area contributed by atoms with Crippen LogP contribution in [-0.4, -0.2) is 17.1 Å². The molecule has 5 rings (SSSR count). The summed E-state index contributed by atoms with van der Waals surface area (Å²) in [4.78, 5) is 29.1. The minimum absolute atomic E-state index is 0.212. The highest BCUT2D eigenvalue weighted by Crippen LogP contribution is 2.58. The molecular weight excluding hydrogens is 435 g/mol. The van der Waals surface area contributed by atoms with Crippen molar-refractivity contribution >= 4 is 46.6 Å². The van der Waals surface area contributed by atoms with Crippen molar-refractivity contribution in [3.8, 4) is 0 Å². The van der Waals surface area contributed by atoms with Crippen molar-refractivity contribution in [2.75, 3.05) is 9.80 Å². The Bertz CT molecular complexity index is 1200. The highest BCUT2D eigenvalue weighted by Gasteiger charge is 2.63. The van der Waals surface area contributed by atoms with Crippen LogP contribution in [0.25, 0.3) is 0 Å². The maximum Gasteiger partial charge on any atom is 0.269 e. The van der Waals surface area contributed by atoms with E-state index in [0.717, 1.165) is 16.8 Å². The van der Waals surface area contributed by atoms with Crippen molar-refractivity contribution in [2.45, 2.75) is 23.6 Å². The van der Waals surface area contributed by atoms with E-state index in [-0.39, 0.29) is 11.8 Å². The maximum absolute atomic E-state index is 14.1. The Morgan fingerprint density at radius 2 is 1.77 bits per heavy atom. The number of rotatable bonds is 3. The van der Waals surface area contributed by atoms with E-state index in [9.17, 15) is 14.0 Å². The van der Waals surface area contributed by atoms with E-state index in [2.05, 4.69) is 0 Å². The highest BCUT2D eigenvalue weighted by atomic mass is 35.5. The molecule has 0 aliphatic carbocycles. The molecule has 2 aliphatic rings. The Morgan fingerprint density at radius 1 is 1.03 bits per heavy atom. The second kappa shape index (κ2) is 7.39. The van der Waals surface area contributed by atoms with Crippen LogP contribution in [0.5, 0.6) is 0 Å². The summed E-state index contributed by atoms with van der Waals surface area (Å²) >= 11 is 7.31. The molecule has 1 saturated heterocycles. The molecule has 0 radical (unpaired) electrons. The number of anilines is 2. The fourth-order valence-electron chi connectivity index (χ4n) is 4.28. The number of halogens is 2. The van der Waals surface area contributed by atoms with Crippen molar-refractivity contribution in [1.29, 1.82) is 0 Å². The molecule has 4 nitrogen and oxygen atoms in total. The van der Waals surface area contributed by atoms with Crippen molar-refractivity contribution in [2.24, 2.45) is 0 Å². The minimum Gasteiger partial charge on any atom is -0.304 e. The van der Waals surface area contributed by atoms with Gasteiger partial charge in [-0.1, -0.05) is 48.0 Å². The number of para-hydroxylation sites is 1. The van der Waals surface area contributed by atoms with Crippen LogP contribution in [0, 0.1) is 5.82 Å². The molecule has 0 unspecified atom stereocenters. The van der Waals surface area contributed by atoms with Crippen molar-refractivity contribution in [3.63, 3.8) is 0 Å². The maximum atomic E-state index is 14.1. The first-order valence-electron chi connectivity index (χ1n) is 9.85. The zero-order valence-corrected chi connectivity index (χ0v) is 18.2. The van der Waals surface area contributed by atoms with Gasteiger partial charge < -0.3 is 4.90 Å². The van der Waals surface area contributed by atoms with Crippen LogP contribution < -0.4 is 9.80 Å². The van der Waals surface area contributed by atoms with Gasteiger partial charge in [0, 0.05) is 16.3 Å². The first-order valence-corrected chi connectivity index (χ1v) is 11.1. The third-order valence-corrected chi connectivity index (χ3v) is 7.37. The second-order valence-electron chi connectivity index (χ2n) is 7.59. The zero-order chi connectivity index (χ0) is 21.8. The first-order chi connectivity index (χ1) is 14.9. The van der Waals surface area contributed by atoms with Gasteiger partial charge in [-0.15, -0.1) is 11.8 Å². The van der Waals surface area contributed by atoms with Gasteiger partial charge in [-0.25, -0.2) is 4.39 Å². The summed E-state index contributed by atoms with van der Waals surface area (Å²) in [5.41, 5.74) is 2.78. The molecule has 3 aromatic carbocycles. The number of carbonyl (C=O) groups excluding carboxylic acids is 2. The summed E-state index contributed by atoms with van der Waals surface area (Å²) in [6.45, 7) is 2.13. The van der Waals surface area contributed by atoms with Gasteiger partial charge in [0.1, 0.15) is 5.82 Å². The monoisotopic (exact) mass is 452 g/mol. The molecule has 1 spiro atoms. The molecule has 156 valence electrons. The first kappa shape index (κ1) is 20.1. The van der Waals surface area contributed by atoms with E-state index in [1.54, 1.807) is 36.1 Å². The second-order valence-corrected chi connectivity index (χ2v) is 9.56. The molecule has 0 aromatic heterocycles. The lowest BCUT2D eigenvalue weighted by molar-refractivity contribution is -0.124. The number of hydrogen-bond donors (Lipinski definition) is 0. The summed E-state index contributed by atoms with van der Waals surface area (Å²) in [6.07, 6.45) is 0. The molecule has 2 aliphatic heterocycles. The standard InChI is InChI=1S/C24H18ClFN2O2S/c1-15-22(29)28(19-6-4-5-18(26)13-19)24(31-15)20-7-2-3-8-21(20)27(23(24)30)14-16-9-11-17(25)12-10-16/h2-13,15H,14H2,1H3/t15-,24+/m1/s1. The largest absolute Gasteiger partial charge is 0.304 e. The molecule has 2 heterocycles. The summed E-state index contributed by atoms with van der Waals surface area (Å²) < 4.78 is 14.1. The molecule has 3 aromatic rings. The Morgan fingerprint density at radius 3 is 2.52 bits per heavy atom. The normalized spacial score (nSPS) is 22.5. The van der Waals surface area contributed by atoms with Gasteiger partial charge in [-0.2, -0.15) is 0 Å². The van der Waals surface area contributed by atoms with Gasteiger partial charge in [-0.05, 0) is 48.9 Å². The SMILES string of the molecule is C[C@H]1S[C@@]2(C(=O)N(Cc3ccc(Cl)cc3)c3ccccc32)N(c2cccc(F)c2)C1=O. The number of thioether (sulfide) groups is 1. The van der Waals surface area contributed by atoms with Crippen LogP contribution in [0.4, 0.5) is 15.8 Å². The predicted molar refractivity (Wildman–Crippen MR) is 122 cm³/mol. The number of benzene rings is 3. The summed E-state index contributed by atoms with van der Waals surface area (Å²) in [5.74, 6) is -0.885. The predicted octanol–water partition coefficient (Wildman–Crippen LogP) is 5.35. The van der Waals surface area contributed by atoms with Crippen molar-refractivity contribution in [3.05, 3.63) is 94.8 Å². The molecule has 31 heavy (non-hydrogen) atoms. The molecular formula is C24H18ClFN2O2S. The fraction of sp³-hybridized carbons (Fsp3) is 0.167. The lowest BCUT2D eigenvalue weighted by atomic mass is 10.0. The van der Waals surface area contributed by atoms with Gasteiger partial charge in [0.15, 0.2) is 0 Å². The fourth-order valence-corrected chi connectivity index (χ4v) is 5.94. The number of hydrogen-bond acceptors (Lipinski definition) is 3. The Kier molecular flexibility index (Phi) is 4.79. The smallest absolute Gasteiger partial charge is 0.269 e. The van der Waals surface area contributed by atoms with Crippen LogP contribution in [0.15, 0.2) is 72.8 Å². The Hall–Kier alpha value is -2.83. The lowest BCUT2D eigenvalue weighted by Crippen LogP contribution is -2.49. The summed E-state index contributed by atoms with van der Waals surface area (Å²) in [7, 11) is 0. The number of fused-ring (bicyclic) bond motifs is 2. The van der Waals surface area contributed by atoms with E-state index in [1.165, 1.54) is 28.8 Å². The van der Waals surface area contributed by atoms with Crippen molar-refractivity contribution < 1.29 is 14.0 Å². The molecule has 2 amide bonds. The molecule has 7 heteroatoms. The third-order valence-electron chi connectivity index (χ3n) is 5.65. The number of nitrogens with zero attached hydrogens (tertiary/aromatic N) is 2. The van der Waals surface area contributed by atoms with Crippen LogP contribution >= 0.6 is 23.4 Å². The van der Waals surface area contributed by atoms with Gasteiger partial charge in [0.25, 0.3) is 5.91 Å².